The van der Waals surface area contributed by atoms with Crippen molar-refractivity contribution < 1.29 is 28.3 Å². The minimum Gasteiger partial charge on any atom is -0.360 e. The smallest absolute Gasteiger partial charge is 0.329 e. The van der Waals surface area contributed by atoms with Crippen molar-refractivity contribution in [1.82, 2.24) is 10.2 Å². The van der Waals surface area contributed by atoms with Gasteiger partial charge in [0.1, 0.15) is 17.2 Å². The predicted molar refractivity (Wildman–Crippen MR) is 99.9 cm³/mol. The molecule has 2 aromatic rings. The Labute approximate surface area is 166 Å². The van der Waals surface area contributed by atoms with Crippen molar-refractivity contribution in [3.8, 4) is 0 Å². The van der Waals surface area contributed by atoms with Crippen molar-refractivity contribution in [3.63, 3.8) is 0 Å². The topological polar surface area (TPSA) is 71.2 Å². The molecular formula is C20H23F2N5O2+2. The van der Waals surface area contributed by atoms with E-state index in [1.54, 1.807) is 0 Å². The number of H-pyrrole nitrogens is 1. The number of aromatic nitrogens is 1. The highest BCUT2D eigenvalue weighted by Crippen LogP contribution is 2.30. The van der Waals surface area contributed by atoms with Crippen LogP contribution in [0.25, 0.3) is 0 Å². The summed E-state index contributed by atoms with van der Waals surface area (Å²) in [6.45, 7) is 4.68. The highest BCUT2D eigenvalue weighted by atomic mass is 19.1. The molecule has 0 aliphatic carbocycles. The number of imide groups is 1. The second-order valence-corrected chi connectivity index (χ2v) is 7.57. The quantitative estimate of drug-likeness (QED) is 0.701. The van der Waals surface area contributed by atoms with Crippen LogP contribution < -0.4 is 20.1 Å². The number of anilines is 1. The number of benzene rings is 1. The Morgan fingerprint density at radius 3 is 2.52 bits per heavy atom. The van der Waals surface area contributed by atoms with Crippen LogP contribution in [0.4, 0.5) is 19.3 Å². The predicted octanol–water partition coefficient (Wildman–Crippen LogP) is -0.0915. The molecule has 4 rings (SSSR count). The minimum absolute atomic E-state index is 0.168. The van der Waals surface area contributed by atoms with Crippen LogP contribution in [0.15, 0.2) is 42.7 Å². The zero-order chi connectivity index (χ0) is 20.6. The van der Waals surface area contributed by atoms with Gasteiger partial charge in [0.25, 0.3) is 5.91 Å². The Morgan fingerprint density at radius 1 is 1.14 bits per heavy atom. The van der Waals surface area contributed by atoms with E-state index in [2.05, 4.69) is 15.2 Å². The fourth-order valence-electron chi connectivity index (χ4n) is 3.96. The van der Waals surface area contributed by atoms with Crippen molar-refractivity contribution in [2.24, 2.45) is 0 Å². The molecule has 0 bridgehead atoms. The number of carbonyl (C=O) groups is 2. The molecule has 1 atom stereocenters. The lowest BCUT2D eigenvalue weighted by Crippen LogP contribution is -3.16. The van der Waals surface area contributed by atoms with Gasteiger partial charge in [-0.2, -0.15) is 0 Å². The first kappa shape index (κ1) is 19.3. The fraction of sp³-hybridized carbons (Fsp3) is 0.350. The Kier molecular flexibility index (Phi) is 4.91. The number of rotatable bonds is 4. The van der Waals surface area contributed by atoms with Crippen molar-refractivity contribution in [3.05, 3.63) is 59.9 Å². The van der Waals surface area contributed by atoms with Gasteiger partial charge >= 0.3 is 6.03 Å². The molecule has 2 fully saturated rings. The molecule has 3 N–H and O–H groups in total. The third kappa shape index (κ3) is 3.53. The van der Waals surface area contributed by atoms with E-state index in [1.807, 2.05) is 24.5 Å². The summed E-state index contributed by atoms with van der Waals surface area (Å²) in [5.41, 5.74) is -0.670. The summed E-state index contributed by atoms with van der Waals surface area (Å²) in [7, 11) is 0. The van der Waals surface area contributed by atoms with Crippen LogP contribution in [-0.4, -0.2) is 49.7 Å². The van der Waals surface area contributed by atoms with Gasteiger partial charge in [0.15, 0.2) is 19.1 Å². The largest absolute Gasteiger partial charge is 0.360 e. The molecular weight excluding hydrogens is 380 g/mol. The molecule has 29 heavy (non-hydrogen) atoms. The van der Waals surface area contributed by atoms with Gasteiger partial charge in [-0.1, -0.05) is 0 Å². The minimum atomic E-state index is -1.62. The van der Waals surface area contributed by atoms with Crippen molar-refractivity contribution in [2.45, 2.75) is 12.5 Å². The van der Waals surface area contributed by atoms with Gasteiger partial charge in [0.05, 0.1) is 26.2 Å². The van der Waals surface area contributed by atoms with Crippen LogP contribution in [0, 0.1) is 11.6 Å². The number of amides is 3. The molecule has 1 aromatic heterocycles. The molecule has 0 saturated carbocycles. The summed E-state index contributed by atoms with van der Waals surface area (Å²) in [4.78, 5) is 32.9. The monoisotopic (exact) mass is 403 g/mol. The van der Waals surface area contributed by atoms with E-state index in [-0.39, 0.29) is 12.2 Å². The number of pyridine rings is 1. The van der Waals surface area contributed by atoms with E-state index in [0.29, 0.717) is 0 Å². The molecule has 7 nitrogen and oxygen atoms in total. The summed E-state index contributed by atoms with van der Waals surface area (Å²) >= 11 is 0. The summed E-state index contributed by atoms with van der Waals surface area (Å²) in [5.74, 6) is -1.96. The molecule has 2 aliphatic heterocycles. The van der Waals surface area contributed by atoms with Gasteiger partial charge < -0.3 is 15.1 Å². The summed E-state index contributed by atoms with van der Waals surface area (Å²) in [5, 5.41) is 2.54. The molecule has 9 heteroatoms. The molecule has 1 aromatic carbocycles. The first-order valence-electron chi connectivity index (χ1n) is 9.53. The van der Waals surface area contributed by atoms with Crippen LogP contribution in [0.3, 0.4) is 0 Å². The molecule has 0 radical (unpaired) electrons. The Morgan fingerprint density at radius 2 is 1.83 bits per heavy atom. The number of hydrogen-bond donors (Lipinski definition) is 2. The zero-order valence-corrected chi connectivity index (χ0v) is 16.0. The number of hydrogen-bond acceptors (Lipinski definition) is 3. The number of urea groups is 1. The number of carbonyl (C=O) groups excluding carboxylic acids is 2. The summed E-state index contributed by atoms with van der Waals surface area (Å²) < 4.78 is 27.9. The van der Waals surface area contributed by atoms with Gasteiger partial charge in [-0.3, -0.25) is 4.79 Å². The van der Waals surface area contributed by atoms with Gasteiger partial charge in [-0.15, -0.1) is 0 Å². The molecule has 3 heterocycles. The molecule has 0 unspecified atom stereocenters. The maximum Gasteiger partial charge on any atom is 0.329 e. The molecule has 2 aliphatic rings. The van der Waals surface area contributed by atoms with Crippen LogP contribution in [0.5, 0.6) is 0 Å². The van der Waals surface area contributed by atoms with Gasteiger partial charge in [0, 0.05) is 23.4 Å². The summed E-state index contributed by atoms with van der Waals surface area (Å²) in [6, 6.07) is 6.32. The third-order valence-corrected chi connectivity index (χ3v) is 5.66. The van der Waals surface area contributed by atoms with E-state index in [9.17, 15) is 18.4 Å². The van der Waals surface area contributed by atoms with Crippen LogP contribution in [-0.2, 0) is 10.3 Å². The molecule has 0 spiro atoms. The molecule has 3 amide bonds. The van der Waals surface area contributed by atoms with E-state index in [4.69, 9.17) is 0 Å². The Bertz CT molecular complexity index is 934. The number of nitrogens with one attached hydrogen (secondary N) is 3. The Hall–Kier alpha value is -3.07. The van der Waals surface area contributed by atoms with Crippen LogP contribution in [0.1, 0.15) is 12.5 Å². The van der Waals surface area contributed by atoms with Crippen molar-refractivity contribution in [1.29, 1.82) is 0 Å². The van der Waals surface area contributed by atoms with Crippen molar-refractivity contribution in [2.75, 3.05) is 37.7 Å². The third-order valence-electron chi connectivity index (χ3n) is 5.66. The van der Waals surface area contributed by atoms with Crippen LogP contribution in [0.2, 0.25) is 0 Å². The van der Waals surface area contributed by atoms with E-state index in [1.165, 1.54) is 6.92 Å². The average Bonchev–Trinajstić information content (AvgIpc) is 2.95. The van der Waals surface area contributed by atoms with Gasteiger partial charge in [-0.05, 0) is 25.1 Å². The standard InChI is InChI=1S/C20H21F2N5O2/c1-20(16-12-14(21)2-3-17(16)22)18(28)27(19(29)24-20)13-25-8-10-26(11-9-25)15-4-6-23-7-5-15/h2-7,12H,8-11,13H2,1H3,(H,24,29)/p+2/t20-/m1/s1. The fourth-order valence-corrected chi connectivity index (χ4v) is 3.96. The van der Waals surface area contributed by atoms with E-state index in [0.717, 1.165) is 59.9 Å². The maximum atomic E-state index is 14.3. The lowest BCUT2D eigenvalue weighted by atomic mass is 9.91. The average molecular weight is 403 g/mol. The van der Waals surface area contributed by atoms with Gasteiger partial charge in [0.2, 0.25) is 0 Å². The molecule has 2 saturated heterocycles. The lowest BCUT2D eigenvalue weighted by molar-refractivity contribution is -0.907. The number of quaternary nitrogens is 1. The number of piperazine rings is 1. The number of aromatic amines is 1. The van der Waals surface area contributed by atoms with Crippen molar-refractivity contribution >= 4 is 17.6 Å². The van der Waals surface area contributed by atoms with Gasteiger partial charge in [-0.25, -0.2) is 23.5 Å². The highest BCUT2D eigenvalue weighted by molar-refractivity contribution is 6.07. The summed E-state index contributed by atoms with van der Waals surface area (Å²) in [6.07, 6.45) is 3.74. The second kappa shape index (κ2) is 7.40. The maximum absolute atomic E-state index is 14.3. The normalized spacial score (nSPS) is 22.9. The first-order valence-corrected chi connectivity index (χ1v) is 9.53. The SMILES string of the molecule is C[C@]1(c2cc(F)ccc2F)NC(=O)N(C[NH+]2CCN(c3cc[nH+]cc3)CC2)C1=O. The lowest BCUT2D eigenvalue weighted by Gasteiger charge is -2.34. The second-order valence-electron chi connectivity index (χ2n) is 7.57. The highest BCUT2D eigenvalue weighted by Gasteiger charge is 2.51. The zero-order valence-electron chi connectivity index (χ0n) is 16.0. The van der Waals surface area contributed by atoms with Crippen LogP contribution >= 0.6 is 0 Å². The number of halogens is 2. The number of nitrogens with zero attached hydrogens (tertiary/aromatic N) is 2. The van der Waals surface area contributed by atoms with E-state index >= 15 is 0 Å². The van der Waals surface area contributed by atoms with E-state index < -0.39 is 29.1 Å². The first-order chi connectivity index (χ1) is 13.9. The molecule has 152 valence electrons. The Balaban J connectivity index is 1.44.